The zero-order valence-electron chi connectivity index (χ0n) is 0. The van der Waals surface area contributed by atoms with E-state index in [9.17, 15) is 0 Å². The monoisotopic (exact) mass is 1440 g/mol. The quantitative estimate of drug-likeness (QED) is 0.227. The SMILES string of the molecule is C.C.C.C.C.C.C.C.C.C.C.C.C.C.C.C.C.C.C.C.C.C.C.C.C.C.C.C.C.C.C.C.C.C.C.C.C.C.C.C.C.C.C.C.C.C.C.C.C.C.C.C.C.C.C.C.C.C.C.C.C.C.C.C.C.C.C.C.C.C.C.C.C.C.C.C.C.C.C.C.C.C.C.C.C.C.C.C.C.C. The Bertz CT molecular complexity index is 0. The van der Waals surface area contributed by atoms with Gasteiger partial charge < -0.3 is 0 Å². The highest BCUT2D eigenvalue weighted by Gasteiger charge is 0.0114. The first-order valence-corrected chi connectivity index (χ1v) is 0. The third kappa shape index (κ3) is 0. The van der Waals surface area contributed by atoms with Crippen molar-refractivity contribution < 1.29 is 0 Å². The fourth-order valence-electron chi connectivity index (χ4n) is 0. The van der Waals surface area contributed by atoms with E-state index in [1.807, 2.05) is 0 Å². The molecule has 0 radical (unpaired) electrons. The van der Waals surface area contributed by atoms with E-state index in [1.165, 1.54) is 0 Å². The van der Waals surface area contributed by atoms with Gasteiger partial charge in [-0.2, -0.15) is 0 Å². The van der Waals surface area contributed by atoms with E-state index in [0.29, 0.717) is 0 Å². The zero-order valence-corrected chi connectivity index (χ0v) is 0. The Labute approximate surface area is 665 Å². The van der Waals surface area contributed by atoms with E-state index < -0.39 is 0 Å². The van der Waals surface area contributed by atoms with Crippen LogP contribution in [0, 0.1) is 0 Å². The average Bonchev–Trinajstić information content (AvgIpc) is 0. The summed E-state index contributed by atoms with van der Waals surface area (Å²) in [7, 11) is 0. The van der Waals surface area contributed by atoms with Crippen LogP contribution in [0.4, 0.5) is 0 Å². The molecule has 0 aliphatic carbocycles. The Balaban J connectivity index is 0. The summed E-state index contributed by atoms with van der Waals surface area (Å²) in [5.74, 6) is 0. The number of rotatable bonds is 0. The van der Waals surface area contributed by atoms with Crippen molar-refractivity contribution in [2.75, 3.05) is 0 Å². The minimum Gasteiger partial charge on any atom is -0.0776 e. The summed E-state index contributed by atoms with van der Waals surface area (Å²) >= 11 is 0. The van der Waals surface area contributed by atoms with Crippen molar-refractivity contribution in [1.29, 1.82) is 0 Å². The van der Waals surface area contributed by atoms with Gasteiger partial charge in [-0.05, 0) is 0 Å². The topological polar surface area (TPSA) is 0 Å². The molecule has 0 N–H and O–H groups in total. The standard InChI is InChI=1S/90CH4/h90*1H4. The lowest BCUT2D eigenvalue weighted by molar-refractivity contribution is 2.50. The van der Waals surface area contributed by atoms with Gasteiger partial charge in [0, 0.05) is 0 Å². The molecular formula is C90H360. The van der Waals surface area contributed by atoms with Crippen LogP contribution >= 0.6 is 0 Å². The van der Waals surface area contributed by atoms with Crippen LogP contribution in [0.2, 0.25) is 0 Å². The van der Waals surface area contributed by atoms with Gasteiger partial charge in [0.05, 0.1) is 0 Å². The lowest BCUT2D eigenvalue weighted by atomic mass is 12.0. The third-order valence-electron chi connectivity index (χ3n) is 0. The van der Waals surface area contributed by atoms with Crippen molar-refractivity contribution in [1.82, 2.24) is 0 Å². The Kier molecular flexibility index (Phi) is 0. The third-order valence-corrected chi connectivity index (χ3v) is 0. The minimum atomic E-state index is 0. The largest absolute Gasteiger partial charge is 0.0776 e. The maximum Gasteiger partial charge on any atom is -0.0776 e. The van der Waals surface area contributed by atoms with E-state index >= 15 is 0 Å². The van der Waals surface area contributed by atoms with Gasteiger partial charge in [0.1, 0.15) is 0 Å². The van der Waals surface area contributed by atoms with Gasteiger partial charge in [0.15, 0.2) is 0 Å². The molecule has 0 aliphatic heterocycles. The van der Waals surface area contributed by atoms with Crippen LogP contribution in [0.3, 0.4) is 0 Å². The fraction of sp³-hybridized carbons (Fsp3) is 1.00. The number of hydrogen-bond acceptors (Lipinski definition) is 0. The molecule has 0 heteroatoms. The maximum atomic E-state index is 0. The molecule has 0 aliphatic rings. The van der Waals surface area contributed by atoms with E-state index in [2.05, 4.69) is 0 Å². The highest BCUT2D eigenvalue weighted by molar-refractivity contribution is 2.59. The Morgan fingerprint density at radius 3 is 0.0111 bits per heavy atom. The molecule has 0 rings (SSSR count). The van der Waals surface area contributed by atoms with Crippen molar-refractivity contribution in [3.05, 3.63) is 0 Å². The molecule has 0 aromatic carbocycles. The highest BCUT2D eigenvalue weighted by atomic mass is 12.1. The van der Waals surface area contributed by atoms with Crippen molar-refractivity contribution in [3.8, 4) is 0 Å². The van der Waals surface area contributed by atoms with Crippen molar-refractivity contribution in [3.63, 3.8) is 0 Å². The van der Waals surface area contributed by atoms with Crippen LogP contribution in [0.1, 0.15) is 668 Å². The van der Waals surface area contributed by atoms with Crippen LogP contribution in [0.5, 0.6) is 0 Å². The second kappa shape index (κ2) is 0. The van der Waals surface area contributed by atoms with E-state index in [0.717, 1.165) is 0 Å². The predicted octanol–water partition coefficient (Wildman–Crippen LogP) is 57.2. The molecular weight excluding hydrogens is 1080 g/mol. The molecule has 0 saturated carbocycles. The highest BCUT2D eigenvalue weighted by Crippen LogP contribution is 0.233. The van der Waals surface area contributed by atoms with Crippen LogP contribution in [-0.2, 0) is 0 Å². The number of hydrogen-bond donors (Lipinski definition) is 0. The summed E-state index contributed by atoms with van der Waals surface area (Å²) < 4.78 is 0. The summed E-state index contributed by atoms with van der Waals surface area (Å²) in [4.78, 5) is 0. The zero-order chi connectivity index (χ0) is 0. The second-order valence-corrected chi connectivity index (χ2v) is 0. The first-order chi connectivity index (χ1) is 0. The minimum absolute atomic E-state index is 0. The van der Waals surface area contributed by atoms with Crippen LogP contribution in [0.25, 0.3) is 0 Å². The molecule has 90 heavy (non-hydrogen) atoms. The predicted molar refractivity (Wildman–Crippen MR) is 606 cm³/mol. The average molecular weight is 1440 g/mol. The Morgan fingerprint density at radius 1 is 0.0111 bits per heavy atom. The van der Waals surface area contributed by atoms with Gasteiger partial charge in [-0.1, -0.05) is 668 Å². The second-order valence-electron chi connectivity index (χ2n) is 0. The Morgan fingerprint density at radius 2 is 0.0111 bits per heavy atom. The summed E-state index contributed by atoms with van der Waals surface area (Å²) in [6.45, 7) is 0. The maximum absolute atomic E-state index is 0. The van der Waals surface area contributed by atoms with Gasteiger partial charge >= 0.3 is 0 Å². The van der Waals surface area contributed by atoms with E-state index in [4.69, 9.17) is 0 Å². The molecule has 0 nitrogen and oxygen atoms in total. The van der Waals surface area contributed by atoms with E-state index in [1.54, 1.807) is 0 Å². The molecule has 0 spiro atoms. The fourth-order valence-corrected chi connectivity index (χ4v) is 0. The molecule has 0 aromatic heterocycles. The van der Waals surface area contributed by atoms with Gasteiger partial charge in [-0.25, -0.2) is 0 Å². The molecule has 0 heterocycles. The van der Waals surface area contributed by atoms with Crippen molar-refractivity contribution >= 4 is 0 Å². The Hall–Kier alpha value is 0. The molecule has 0 saturated heterocycles. The van der Waals surface area contributed by atoms with Crippen molar-refractivity contribution in [2.24, 2.45) is 0 Å². The molecule has 0 atom stereocenters. The lowest BCUT2D eigenvalue weighted by Gasteiger charge is -0.0786. The molecule has 0 amide bonds. The lowest BCUT2D eigenvalue weighted by Crippen LogP contribution is 0.143. The van der Waals surface area contributed by atoms with Crippen LogP contribution in [0.15, 0.2) is 0 Å². The summed E-state index contributed by atoms with van der Waals surface area (Å²) in [5.41, 5.74) is 0. The normalized spacial score (nSPS) is 0. The summed E-state index contributed by atoms with van der Waals surface area (Å²) in [5, 5.41) is 0. The van der Waals surface area contributed by atoms with Gasteiger partial charge in [0.25, 0.3) is 0 Å². The smallest absolute Gasteiger partial charge is 0.0776 e. The molecule has 0 aromatic rings. The summed E-state index contributed by atoms with van der Waals surface area (Å²) in [6, 6.07) is 0. The van der Waals surface area contributed by atoms with E-state index in [-0.39, 0.29) is 668 Å². The van der Waals surface area contributed by atoms with Gasteiger partial charge in [-0.15, -0.1) is 0 Å². The molecule has 0 bridgehead atoms. The first kappa shape index (κ1) is 0. The van der Waals surface area contributed by atoms with Crippen LogP contribution in [-0.4, -0.2) is 0 Å². The summed E-state index contributed by atoms with van der Waals surface area (Å²) in [6.07, 6.45) is 0. The molecule has 720 valence electrons. The van der Waals surface area contributed by atoms with Crippen molar-refractivity contribution in [2.45, 2.75) is 668 Å². The van der Waals surface area contributed by atoms with Crippen LogP contribution < -0.4 is 0 Å². The van der Waals surface area contributed by atoms with Gasteiger partial charge in [-0.3, -0.25) is 0 Å². The van der Waals surface area contributed by atoms with Gasteiger partial charge in [0.2, 0.25) is 0 Å². The molecule has 0 fully saturated rings. The first-order valence-electron chi connectivity index (χ1n) is 0. The molecule has 0 unspecified atom stereocenters.